The Hall–Kier alpha value is -3.02. The Bertz CT molecular complexity index is 1140. The standard InChI is InChI=1S/C25H21ClFNO3/c1-2-16-10-12-17(13-11-16)23(29)14-25(31)19-6-3-4-9-22(19)28(24(25)30)15-18-20(26)7-5-8-21(18)27/h3-13,31H,2,14-15H2,1H3/t25-/m0/s1. The number of fused-ring (bicyclic) bond motifs is 1. The number of hydrogen-bond acceptors (Lipinski definition) is 3. The number of amides is 1. The van der Waals surface area contributed by atoms with Crippen LogP contribution in [0.5, 0.6) is 0 Å². The Kier molecular flexibility index (Phi) is 5.65. The molecular weight excluding hydrogens is 417 g/mol. The van der Waals surface area contributed by atoms with Crippen LogP contribution in [0.4, 0.5) is 10.1 Å². The molecule has 0 aliphatic carbocycles. The molecule has 0 spiro atoms. The van der Waals surface area contributed by atoms with Gasteiger partial charge in [0.2, 0.25) is 0 Å². The summed E-state index contributed by atoms with van der Waals surface area (Å²) >= 11 is 6.15. The van der Waals surface area contributed by atoms with Crippen molar-refractivity contribution < 1.29 is 19.1 Å². The maximum absolute atomic E-state index is 14.4. The average molecular weight is 438 g/mol. The second kappa shape index (κ2) is 8.25. The van der Waals surface area contributed by atoms with Gasteiger partial charge >= 0.3 is 0 Å². The van der Waals surface area contributed by atoms with Gasteiger partial charge in [-0.3, -0.25) is 9.59 Å². The lowest BCUT2D eigenvalue weighted by Gasteiger charge is -2.23. The van der Waals surface area contributed by atoms with Gasteiger partial charge in [0, 0.05) is 21.7 Å². The number of rotatable bonds is 6. The van der Waals surface area contributed by atoms with Crippen LogP contribution < -0.4 is 4.90 Å². The van der Waals surface area contributed by atoms with Crippen LogP contribution >= 0.6 is 11.6 Å². The third-order valence-electron chi connectivity index (χ3n) is 5.72. The summed E-state index contributed by atoms with van der Waals surface area (Å²) in [6.45, 7) is 1.87. The molecule has 1 aliphatic rings. The number of carbonyl (C=O) groups excluding carboxylic acids is 2. The molecule has 31 heavy (non-hydrogen) atoms. The highest BCUT2D eigenvalue weighted by Gasteiger charge is 2.51. The summed E-state index contributed by atoms with van der Waals surface area (Å²) in [7, 11) is 0. The fourth-order valence-electron chi connectivity index (χ4n) is 3.94. The number of benzene rings is 3. The zero-order valence-corrected chi connectivity index (χ0v) is 17.7. The maximum Gasteiger partial charge on any atom is 0.264 e. The summed E-state index contributed by atoms with van der Waals surface area (Å²) in [6.07, 6.45) is 0.438. The van der Waals surface area contributed by atoms with E-state index in [4.69, 9.17) is 11.6 Å². The summed E-state index contributed by atoms with van der Waals surface area (Å²) in [5.74, 6) is -1.56. The molecule has 0 unspecified atom stereocenters. The predicted octanol–water partition coefficient (Wildman–Crippen LogP) is 5.05. The molecule has 6 heteroatoms. The second-order valence-electron chi connectivity index (χ2n) is 7.62. The van der Waals surface area contributed by atoms with Crippen LogP contribution in [-0.2, 0) is 23.4 Å². The number of nitrogens with zero attached hydrogens (tertiary/aromatic N) is 1. The van der Waals surface area contributed by atoms with Gasteiger partial charge in [0.15, 0.2) is 11.4 Å². The van der Waals surface area contributed by atoms with E-state index < -0.39 is 23.7 Å². The van der Waals surface area contributed by atoms with E-state index >= 15 is 0 Å². The molecule has 1 N–H and O–H groups in total. The highest BCUT2D eigenvalue weighted by molar-refractivity contribution is 6.31. The van der Waals surface area contributed by atoms with E-state index in [-0.39, 0.29) is 22.9 Å². The minimum Gasteiger partial charge on any atom is -0.375 e. The van der Waals surface area contributed by atoms with Crippen LogP contribution in [0.25, 0.3) is 0 Å². The van der Waals surface area contributed by atoms with Crippen molar-refractivity contribution in [2.24, 2.45) is 0 Å². The molecule has 0 aromatic heterocycles. The van der Waals surface area contributed by atoms with Crippen molar-refractivity contribution in [2.75, 3.05) is 4.90 Å². The monoisotopic (exact) mass is 437 g/mol. The summed E-state index contributed by atoms with van der Waals surface area (Å²) in [5, 5.41) is 11.6. The van der Waals surface area contributed by atoms with Crippen LogP contribution in [-0.4, -0.2) is 16.8 Å². The van der Waals surface area contributed by atoms with Gasteiger partial charge in [-0.1, -0.05) is 67.1 Å². The van der Waals surface area contributed by atoms with Gasteiger partial charge in [0.25, 0.3) is 5.91 Å². The fourth-order valence-corrected chi connectivity index (χ4v) is 4.16. The van der Waals surface area contributed by atoms with Crippen molar-refractivity contribution in [3.05, 3.63) is 99.8 Å². The lowest BCUT2D eigenvalue weighted by Crippen LogP contribution is -2.41. The van der Waals surface area contributed by atoms with Crippen molar-refractivity contribution >= 4 is 29.0 Å². The first-order valence-electron chi connectivity index (χ1n) is 10.0. The average Bonchev–Trinajstić information content (AvgIpc) is 2.98. The van der Waals surface area contributed by atoms with Crippen molar-refractivity contribution in [3.8, 4) is 0 Å². The number of hydrogen-bond donors (Lipinski definition) is 1. The van der Waals surface area contributed by atoms with Gasteiger partial charge in [-0.2, -0.15) is 0 Å². The Balaban J connectivity index is 1.68. The number of ketones is 1. The van der Waals surface area contributed by atoms with E-state index in [1.165, 1.54) is 17.0 Å². The second-order valence-corrected chi connectivity index (χ2v) is 8.03. The maximum atomic E-state index is 14.4. The van der Waals surface area contributed by atoms with Crippen LogP contribution in [0, 0.1) is 5.82 Å². The number of anilines is 1. The highest BCUT2D eigenvalue weighted by Crippen LogP contribution is 2.44. The van der Waals surface area contributed by atoms with E-state index in [0.717, 1.165) is 12.0 Å². The molecule has 3 aromatic rings. The molecule has 1 atom stereocenters. The number of carbonyl (C=O) groups is 2. The number of para-hydroxylation sites is 1. The Labute approximate surface area is 184 Å². The molecule has 1 aliphatic heterocycles. The molecule has 1 amide bonds. The molecular formula is C25H21ClFNO3. The van der Waals surface area contributed by atoms with E-state index in [2.05, 4.69) is 0 Å². The van der Waals surface area contributed by atoms with Gasteiger partial charge in [0.1, 0.15) is 5.82 Å². The fraction of sp³-hybridized carbons (Fsp3) is 0.200. The minimum absolute atomic E-state index is 0.150. The first-order valence-corrected chi connectivity index (χ1v) is 10.4. The number of halogens is 2. The van der Waals surface area contributed by atoms with E-state index in [9.17, 15) is 19.1 Å². The van der Waals surface area contributed by atoms with Crippen LogP contribution in [0.3, 0.4) is 0 Å². The van der Waals surface area contributed by atoms with Crippen molar-refractivity contribution in [2.45, 2.75) is 31.9 Å². The van der Waals surface area contributed by atoms with Crippen molar-refractivity contribution in [1.29, 1.82) is 0 Å². The smallest absolute Gasteiger partial charge is 0.264 e. The predicted molar refractivity (Wildman–Crippen MR) is 118 cm³/mol. The largest absolute Gasteiger partial charge is 0.375 e. The molecule has 1 heterocycles. The van der Waals surface area contributed by atoms with Crippen molar-refractivity contribution in [3.63, 3.8) is 0 Å². The lowest BCUT2D eigenvalue weighted by molar-refractivity contribution is -0.136. The van der Waals surface area contributed by atoms with Gasteiger partial charge < -0.3 is 10.0 Å². The highest BCUT2D eigenvalue weighted by atomic mass is 35.5. The first kappa shape index (κ1) is 21.2. The Morgan fingerprint density at radius 3 is 2.45 bits per heavy atom. The van der Waals surface area contributed by atoms with Crippen LogP contribution in [0.15, 0.2) is 66.7 Å². The zero-order chi connectivity index (χ0) is 22.2. The first-order chi connectivity index (χ1) is 14.8. The molecule has 4 rings (SSSR count). The molecule has 0 saturated heterocycles. The molecule has 4 nitrogen and oxygen atoms in total. The Morgan fingerprint density at radius 2 is 1.77 bits per heavy atom. The van der Waals surface area contributed by atoms with Gasteiger partial charge in [-0.15, -0.1) is 0 Å². The molecule has 0 fully saturated rings. The molecule has 0 saturated carbocycles. The normalized spacial score (nSPS) is 17.7. The number of Topliss-reactive ketones (excluding diaryl/α,β-unsaturated/α-hetero) is 1. The van der Waals surface area contributed by atoms with Crippen LogP contribution in [0.2, 0.25) is 5.02 Å². The SMILES string of the molecule is CCc1ccc(C(=O)C[C@@]2(O)C(=O)N(Cc3c(F)cccc3Cl)c3ccccc32)cc1. The quantitative estimate of drug-likeness (QED) is 0.549. The zero-order valence-electron chi connectivity index (χ0n) is 16.9. The number of aryl methyl sites for hydroxylation is 1. The summed E-state index contributed by atoms with van der Waals surface area (Å²) < 4.78 is 14.4. The molecule has 158 valence electrons. The molecule has 0 bridgehead atoms. The number of aliphatic hydroxyl groups is 1. The van der Waals surface area contributed by atoms with Gasteiger partial charge in [-0.05, 0) is 30.2 Å². The Morgan fingerprint density at radius 1 is 1.06 bits per heavy atom. The van der Waals surface area contributed by atoms with Crippen LogP contribution in [0.1, 0.15) is 40.4 Å². The van der Waals surface area contributed by atoms with E-state index in [1.807, 2.05) is 19.1 Å². The van der Waals surface area contributed by atoms with E-state index in [1.54, 1.807) is 42.5 Å². The van der Waals surface area contributed by atoms with Crippen molar-refractivity contribution in [1.82, 2.24) is 0 Å². The molecule has 3 aromatic carbocycles. The lowest BCUT2D eigenvalue weighted by atomic mass is 9.88. The van der Waals surface area contributed by atoms with Gasteiger partial charge in [0.05, 0.1) is 18.7 Å². The van der Waals surface area contributed by atoms with E-state index in [0.29, 0.717) is 16.8 Å². The third kappa shape index (κ3) is 3.75. The minimum atomic E-state index is -2.03. The third-order valence-corrected chi connectivity index (χ3v) is 6.07. The summed E-state index contributed by atoms with van der Waals surface area (Å²) in [5.41, 5.74) is 0.388. The topological polar surface area (TPSA) is 57.6 Å². The summed E-state index contributed by atoms with van der Waals surface area (Å²) in [6, 6.07) is 18.1. The van der Waals surface area contributed by atoms with Gasteiger partial charge in [-0.25, -0.2) is 4.39 Å². The summed E-state index contributed by atoms with van der Waals surface area (Å²) in [4.78, 5) is 27.5. The molecule has 0 radical (unpaired) electrons.